The third-order valence-corrected chi connectivity index (χ3v) is 3.81. The van der Waals surface area contributed by atoms with Gasteiger partial charge < -0.3 is 19.8 Å². The monoisotopic (exact) mass is 395 g/mol. The molecule has 29 heavy (non-hydrogen) atoms. The van der Waals surface area contributed by atoms with Crippen LogP contribution in [0.15, 0.2) is 71.1 Å². The van der Waals surface area contributed by atoms with Gasteiger partial charge in [0.15, 0.2) is 5.76 Å². The second-order valence-electron chi connectivity index (χ2n) is 5.81. The van der Waals surface area contributed by atoms with Gasteiger partial charge >= 0.3 is 5.88 Å². The lowest BCUT2D eigenvalue weighted by Gasteiger charge is -2.11. The van der Waals surface area contributed by atoms with E-state index in [1.165, 1.54) is 6.07 Å². The van der Waals surface area contributed by atoms with Crippen LogP contribution in [0.1, 0.15) is 20.9 Å². The van der Waals surface area contributed by atoms with Crippen LogP contribution in [0.25, 0.3) is 0 Å². The van der Waals surface area contributed by atoms with Gasteiger partial charge in [-0.3, -0.25) is 19.7 Å². The molecule has 3 aromatic rings. The summed E-state index contributed by atoms with van der Waals surface area (Å²) in [6, 6.07) is 17.9. The van der Waals surface area contributed by atoms with Crippen LogP contribution in [-0.2, 0) is 0 Å². The highest BCUT2D eigenvalue weighted by atomic mass is 16.6. The molecule has 0 unspecified atom stereocenters. The van der Waals surface area contributed by atoms with Crippen LogP contribution in [0.2, 0.25) is 0 Å². The summed E-state index contributed by atoms with van der Waals surface area (Å²) in [6.07, 6.45) is 0. The Kier molecular flexibility index (Phi) is 6.21. The maximum atomic E-state index is 12.5. The van der Waals surface area contributed by atoms with E-state index in [0.29, 0.717) is 5.75 Å². The summed E-state index contributed by atoms with van der Waals surface area (Å²) in [6.45, 7) is 0.542. The normalized spacial score (nSPS) is 10.2. The number of rotatable bonds is 8. The van der Waals surface area contributed by atoms with E-state index in [1.54, 1.807) is 24.3 Å². The molecular weight excluding hydrogens is 378 g/mol. The van der Waals surface area contributed by atoms with Gasteiger partial charge in [-0.05, 0) is 30.3 Å². The van der Waals surface area contributed by atoms with E-state index in [0.717, 1.165) is 6.07 Å². The molecule has 2 aromatic carbocycles. The summed E-state index contributed by atoms with van der Waals surface area (Å²) in [4.78, 5) is 34.7. The van der Waals surface area contributed by atoms with Crippen LogP contribution >= 0.6 is 0 Å². The highest BCUT2D eigenvalue weighted by molar-refractivity contribution is 6.07. The minimum absolute atomic E-state index is 0.233. The van der Waals surface area contributed by atoms with Gasteiger partial charge in [-0.25, -0.2) is 0 Å². The first-order valence-electron chi connectivity index (χ1n) is 8.65. The smallest absolute Gasteiger partial charge is 0.433 e. The molecule has 0 fully saturated rings. The van der Waals surface area contributed by atoms with Crippen LogP contribution in [0.4, 0.5) is 11.6 Å². The Morgan fingerprint density at radius 2 is 1.69 bits per heavy atom. The number of amides is 2. The van der Waals surface area contributed by atoms with Gasteiger partial charge in [0.05, 0.1) is 23.9 Å². The van der Waals surface area contributed by atoms with Gasteiger partial charge in [0, 0.05) is 0 Å². The van der Waals surface area contributed by atoms with Crippen molar-refractivity contribution in [1.82, 2.24) is 5.32 Å². The van der Waals surface area contributed by atoms with Gasteiger partial charge in [-0.2, -0.15) is 0 Å². The number of ether oxygens (including phenoxy) is 1. The molecule has 1 heterocycles. The summed E-state index contributed by atoms with van der Waals surface area (Å²) in [5.74, 6) is -1.18. The lowest BCUT2D eigenvalue weighted by atomic mass is 10.1. The van der Waals surface area contributed by atoms with Crippen molar-refractivity contribution in [3.63, 3.8) is 0 Å². The summed E-state index contributed by atoms with van der Waals surface area (Å²) in [5.41, 5.74) is 0.486. The molecule has 1 aromatic heterocycles. The van der Waals surface area contributed by atoms with Crippen LogP contribution in [-0.4, -0.2) is 29.9 Å². The molecule has 2 N–H and O–H groups in total. The molecule has 0 bridgehead atoms. The molecule has 0 radical (unpaired) electrons. The molecule has 148 valence electrons. The fourth-order valence-electron chi connectivity index (χ4n) is 2.47. The number of furan rings is 1. The first kappa shape index (κ1) is 19.6. The lowest BCUT2D eigenvalue weighted by molar-refractivity contribution is -0.402. The molecule has 0 atom stereocenters. The Hall–Kier alpha value is -4.14. The first-order chi connectivity index (χ1) is 14.0. The van der Waals surface area contributed by atoms with Crippen LogP contribution in [0, 0.1) is 10.1 Å². The average Bonchev–Trinajstić information content (AvgIpc) is 3.23. The van der Waals surface area contributed by atoms with Gasteiger partial charge in [0.1, 0.15) is 17.3 Å². The minimum atomic E-state index is -0.740. The molecule has 0 aliphatic heterocycles. The van der Waals surface area contributed by atoms with Crippen molar-refractivity contribution in [2.45, 2.75) is 0 Å². The second-order valence-corrected chi connectivity index (χ2v) is 5.81. The number of nitrogens with one attached hydrogen (secondary N) is 2. The van der Waals surface area contributed by atoms with Crippen molar-refractivity contribution < 1.29 is 23.7 Å². The number of para-hydroxylation sites is 2. The predicted octanol–water partition coefficient (Wildman–Crippen LogP) is 3.25. The van der Waals surface area contributed by atoms with Crippen molar-refractivity contribution in [2.24, 2.45) is 0 Å². The molecule has 0 aliphatic rings. The van der Waals surface area contributed by atoms with E-state index >= 15 is 0 Å². The zero-order chi connectivity index (χ0) is 20.6. The predicted molar refractivity (Wildman–Crippen MR) is 104 cm³/mol. The van der Waals surface area contributed by atoms with Gasteiger partial charge in [0.2, 0.25) is 0 Å². The maximum Gasteiger partial charge on any atom is 0.433 e. The Morgan fingerprint density at radius 3 is 2.41 bits per heavy atom. The van der Waals surface area contributed by atoms with E-state index in [4.69, 9.17) is 9.15 Å². The van der Waals surface area contributed by atoms with Crippen LogP contribution < -0.4 is 15.4 Å². The standard InChI is InChI=1S/C20H17N3O6/c24-19(21-12-13-28-14-6-2-1-3-7-14)15-8-4-5-9-16(15)22-20(25)17-10-11-18(29-17)23(26)27/h1-11H,12-13H2,(H,21,24)(H,22,25). The van der Waals surface area contributed by atoms with E-state index in [-0.39, 0.29) is 30.2 Å². The van der Waals surface area contributed by atoms with Crippen LogP contribution in [0.3, 0.4) is 0 Å². The quantitative estimate of drug-likeness (QED) is 0.343. The van der Waals surface area contributed by atoms with Crippen LogP contribution in [0.5, 0.6) is 5.75 Å². The highest BCUT2D eigenvalue weighted by Crippen LogP contribution is 2.19. The average molecular weight is 395 g/mol. The molecule has 9 nitrogen and oxygen atoms in total. The molecule has 0 spiro atoms. The number of carbonyl (C=O) groups excluding carboxylic acids is 2. The van der Waals surface area contributed by atoms with Gasteiger partial charge in [-0.15, -0.1) is 0 Å². The minimum Gasteiger partial charge on any atom is -0.492 e. The number of hydrogen-bond donors (Lipinski definition) is 2. The largest absolute Gasteiger partial charge is 0.492 e. The highest BCUT2D eigenvalue weighted by Gasteiger charge is 2.19. The SMILES string of the molecule is O=C(Nc1ccccc1C(=O)NCCOc1ccccc1)c1ccc([N+](=O)[O-])o1. The van der Waals surface area contributed by atoms with Crippen molar-refractivity contribution in [3.05, 3.63) is 88.2 Å². The fraction of sp³-hybridized carbons (Fsp3) is 0.100. The number of nitro groups is 1. The molecule has 0 saturated carbocycles. The van der Waals surface area contributed by atoms with Crippen molar-refractivity contribution in [2.75, 3.05) is 18.5 Å². The molecule has 0 saturated heterocycles. The third-order valence-electron chi connectivity index (χ3n) is 3.81. The number of nitrogens with zero attached hydrogens (tertiary/aromatic N) is 1. The van der Waals surface area contributed by atoms with Gasteiger partial charge in [-0.1, -0.05) is 30.3 Å². The zero-order valence-electron chi connectivity index (χ0n) is 15.2. The number of benzene rings is 2. The van der Waals surface area contributed by atoms with E-state index in [9.17, 15) is 19.7 Å². The van der Waals surface area contributed by atoms with Gasteiger partial charge in [0.25, 0.3) is 11.8 Å². The van der Waals surface area contributed by atoms with E-state index < -0.39 is 22.6 Å². The number of anilines is 1. The lowest BCUT2D eigenvalue weighted by Crippen LogP contribution is -2.29. The Morgan fingerprint density at radius 1 is 0.966 bits per heavy atom. The van der Waals surface area contributed by atoms with E-state index in [1.807, 2.05) is 30.3 Å². The summed E-state index contributed by atoms with van der Waals surface area (Å²) >= 11 is 0. The zero-order valence-corrected chi connectivity index (χ0v) is 15.2. The topological polar surface area (TPSA) is 124 Å². The van der Waals surface area contributed by atoms with Crippen molar-refractivity contribution >= 4 is 23.4 Å². The third kappa shape index (κ3) is 5.19. The Balaban J connectivity index is 1.59. The molecule has 3 rings (SSSR count). The number of hydrogen-bond acceptors (Lipinski definition) is 6. The van der Waals surface area contributed by atoms with E-state index in [2.05, 4.69) is 10.6 Å². The van der Waals surface area contributed by atoms with Crippen molar-refractivity contribution in [3.8, 4) is 5.75 Å². The summed E-state index contributed by atoms with van der Waals surface area (Å²) < 4.78 is 10.4. The molecular formula is C20H17N3O6. The Bertz CT molecular complexity index is 1020. The fourth-order valence-corrected chi connectivity index (χ4v) is 2.47. The van der Waals surface area contributed by atoms with Crippen molar-refractivity contribution in [1.29, 1.82) is 0 Å². The maximum absolute atomic E-state index is 12.5. The molecule has 0 aliphatic carbocycles. The first-order valence-corrected chi connectivity index (χ1v) is 8.65. The second kappa shape index (κ2) is 9.18. The summed E-state index contributed by atoms with van der Waals surface area (Å²) in [5, 5.41) is 15.9. The molecule has 9 heteroatoms. The summed E-state index contributed by atoms with van der Waals surface area (Å²) in [7, 11) is 0. The number of carbonyl (C=O) groups is 2. The molecule has 2 amide bonds. The Labute approximate surface area is 165 Å².